The summed E-state index contributed by atoms with van der Waals surface area (Å²) < 4.78 is 20.6. The van der Waals surface area contributed by atoms with Crippen LogP contribution in [0.15, 0.2) is 48.5 Å². The van der Waals surface area contributed by atoms with Gasteiger partial charge in [-0.15, -0.1) is 5.10 Å². The van der Waals surface area contributed by atoms with Crippen LogP contribution in [-0.2, 0) is 17.9 Å². The van der Waals surface area contributed by atoms with Crippen LogP contribution in [0.1, 0.15) is 33.4 Å². The Morgan fingerprint density at radius 3 is 2.77 bits per heavy atom. The Labute approximate surface area is 149 Å². The maximum absolute atomic E-state index is 13.1. The molecule has 6 nitrogen and oxygen atoms in total. The van der Waals surface area contributed by atoms with Crippen LogP contribution >= 0.6 is 0 Å². The number of para-hydroxylation sites is 1. The number of rotatable bonds is 3. The summed E-state index contributed by atoms with van der Waals surface area (Å²) in [5.41, 5.74) is 3.45. The summed E-state index contributed by atoms with van der Waals surface area (Å²) >= 11 is 0. The van der Waals surface area contributed by atoms with Crippen molar-refractivity contribution < 1.29 is 13.9 Å². The van der Waals surface area contributed by atoms with Crippen molar-refractivity contribution in [2.24, 2.45) is 0 Å². The molecule has 2 aromatic carbocycles. The van der Waals surface area contributed by atoms with Crippen LogP contribution in [0, 0.1) is 12.7 Å². The number of nitrogens with one attached hydrogen (secondary N) is 1. The number of carbonyl (C=O) groups excluding carboxylic acids is 1. The van der Waals surface area contributed by atoms with Crippen molar-refractivity contribution in [3.05, 3.63) is 76.9 Å². The molecule has 0 fully saturated rings. The van der Waals surface area contributed by atoms with Crippen LogP contribution in [0.4, 0.5) is 10.1 Å². The zero-order chi connectivity index (χ0) is 18.1. The molecule has 0 unspecified atom stereocenters. The van der Waals surface area contributed by atoms with Crippen LogP contribution in [0.25, 0.3) is 0 Å². The summed E-state index contributed by atoms with van der Waals surface area (Å²) in [7, 11) is 0. The van der Waals surface area contributed by atoms with Gasteiger partial charge < -0.3 is 10.1 Å². The number of aryl methyl sites for hydroxylation is 1. The lowest BCUT2D eigenvalue weighted by Crippen LogP contribution is -2.24. The number of halogens is 1. The van der Waals surface area contributed by atoms with Crippen LogP contribution in [0.3, 0.4) is 0 Å². The number of hydrogen-bond donors (Lipinski definition) is 1. The quantitative estimate of drug-likeness (QED) is 0.786. The van der Waals surface area contributed by atoms with E-state index < -0.39 is 0 Å². The third-order valence-electron chi connectivity index (χ3n) is 4.45. The zero-order valence-corrected chi connectivity index (χ0v) is 14.1. The van der Waals surface area contributed by atoms with Crippen molar-refractivity contribution in [3.63, 3.8) is 0 Å². The van der Waals surface area contributed by atoms with Crippen molar-refractivity contribution in [2.75, 3.05) is 5.32 Å². The topological polar surface area (TPSA) is 69.0 Å². The highest BCUT2D eigenvalue weighted by Crippen LogP contribution is 2.27. The van der Waals surface area contributed by atoms with Crippen molar-refractivity contribution >= 4 is 11.6 Å². The molecule has 3 aromatic rings. The summed E-state index contributed by atoms with van der Waals surface area (Å²) in [5, 5.41) is 11.0. The number of ether oxygens (including phenoxy) is 1. The van der Waals surface area contributed by atoms with Gasteiger partial charge in [0.25, 0.3) is 5.91 Å². The Morgan fingerprint density at radius 2 is 2.00 bits per heavy atom. The van der Waals surface area contributed by atoms with Crippen molar-refractivity contribution in [2.45, 2.75) is 26.2 Å². The van der Waals surface area contributed by atoms with E-state index in [1.807, 2.05) is 31.2 Å². The Morgan fingerprint density at radius 1 is 1.23 bits per heavy atom. The molecule has 1 aliphatic rings. The number of hydrogen-bond acceptors (Lipinski definition) is 4. The average molecular weight is 352 g/mol. The van der Waals surface area contributed by atoms with Gasteiger partial charge in [-0.05, 0) is 36.2 Å². The number of benzene rings is 2. The standard InChI is InChI=1S/C19H17FN4O2/c1-12-4-2-3-5-15(12)21-19(25)18-16-11-26-17(10-24(16)23-22-18)13-6-8-14(20)9-7-13/h2-9,17H,10-11H2,1H3,(H,21,25)/t17-/m1/s1. The third-order valence-corrected chi connectivity index (χ3v) is 4.45. The fraction of sp³-hybridized carbons (Fsp3) is 0.211. The number of aromatic nitrogens is 3. The highest BCUT2D eigenvalue weighted by atomic mass is 19.1. The summed E-state index contributed by atoms with van der Waals surface area (Å²) in [4.78, 5) is 12.6. The number of amides is 1. The minimum Gasteiger partial charge on any atom is -0.365 e. The molecule has 1 amide bonds. The first-order valence-corrected chi connectivity index (χ1v) is 8.28. The fourth-order valence-corrected chi connectivity index (χ4v) is 2.96. The second-order valence-corrected chi connectivity index (χ2v) is 6.19. The van der Waals surface area contributed by atoms with Gasteiger partial charge in [-0.3, -0.25) is 4.79 Å². The van der Waals surface area contributed by atoms with Crippen molar-refractivity contribution in [3.8, 4) is 0 Å². The number of carbonyl (C=O) groups is 1. The lowest BCUT2D eigenvalue weighted by Gasteiger charge is -2.24. The molecule has 26 heavy (non-hydrogen) atoms. The smallest absolute Gasteiger partial charge is 0.278 e. The van der Waals surface area contributed by atoms with E-state index in [2.05, 4.69) is 15.6 Å². The molecule has 0 aliphatic carbocycles. The summed E-state index contributed by atoms with van der Waals surface area (Å²) in [5.74, 6) is -0.606. The second-order valence-electron chi connectivity index (χ2n) is 6.19. The van der Waals surface area contributed by atoms with Gasteiger partial charge >= 0.3 is 0 Å². The monoisotopic (exact) mass is 352 g/mol. The molecular formula is C19H17FN4O2. The first-order chi connectivity index (χ1) is 12.6. The fourth-order valence-electron chi connectivity index (χ4n) is 2.96. The van der Waals surface area contributed by atoms with E-state index in [-0.39, 0.29) is 30.1 Å². The summed E-state index contributed by atoms with van der Waals surface area (Å²) in [6, 6.07) is 13.7. The molecule has 132 valence electrons. The maximum atomic E-state index is 13.1. The Kier molecular flexibility index (Phi) is 4.22. The van der Waals surface area contributed by atoms with Crippen LogP contribution in [0.2, 0.25) is 0 Å². The molecule has 0 bridgehead atoms. The van der Waals surface area contributed by atoms with Gasteiger partial charge in [0, 0.05) is 5.69 Å². The maximum Gasteiger partial charge on any atom is 0.278 e. The van der Waals surface area contributed by atoms with Gasteiger partial charge in [0.1, 0.15) is 11.9 Å². The molecule has 1 atom stereocenters. The van der Waals surface area contributed by atoms with Gasteiger partial charge in [-0.1, -0.05) is 35.5 Å². The van der Waals surface area contributed by atoms with E-state index in [1.165, 1.54) is 12.1 Å². The van der Waals surface area contributed by atoms with Gasteiger partial charge in [-0.25, -0.2) is 9.07 Å². The van der Waals surface area contributed by atoms with Gasteiger partial charge in [0.2, 0.25) is 0 Å². The molecular weight excluding hydrogens is 335 g/mol. The van der Waals surface area contributed by atoms with Crippen LogP contribution in [-0.4, -0.2) is 20.9 Å². The number of fused-ring (bicyclic) bond motifs is 1. The summed E-state index contributed by atoms with van der Waals surface area (Å²) in [6.45, 7) is 2.56. The minimum atomic E-state index is -0.315. The molecule has 0 spiro atoms. The molecule has 1 aromatic heterocycles. The van der Waals surface area contributed by atoms with Crippen molar-refractivity contribution in [1.82, 2.24) is 15.0 Å². The number of anilines is 1. The van der Waals surface area contributed by atoms with Gasteiger partial charge in [-0.2, -0.15) is 0 Å². The molecule has 7 heteroatoms. The Balaban J connectivity index is 1.53. The Hall–Kier alpha value is -3.06. The largest absolute Gasteiger partial charge is 0.365 e. The predicted octanol–water partition coefficient (Wildman–Crippen LogP) is 3.25. The van der Waals surface area contributed by atoms with Gasteiger partial charge in [0.15, 0.2) is 5.69 Å². The third kappa shape index (κ3) is 3.09. The zero-order valence-electron chi connectivity index (χ0n) is 14.1. The lowest BCUT2D eigenvalue weighted by molar-refractivity contribution is -0.00174. The van der Waals surface area contributed by atoms with Crippen LogP contribution in [0.5, 0.6) is 0 Å². The van der Waals surface area contributed by atoms with Crippen molar-refractivity contribution in [1.29, 1.82) is 0 Å². The molecule has 1 aliphatic heterocycles. The highest BCUT2D eigenvalue weighted by Gasteiger charge is 2.27. The van der Waals surface area contributed by atoms with E-state index in [1.54, 1.807) is 16.8 Å². The summed E-state index contributed by atoms with van der Waals surface area (Å²) in [6.07, 6.45) is -0.253. The first kappa shape index (κ1) is 16.4. The molecule has 0 saturated carbocycles. The molecule has 0 radical (unpaired) electrons. The van der Waals surface area contributed by atoms with E-state index in [9.17, 15) is 9.18 Å². The normalized spacial score (nSPS) is 16.2. The molecule has 0 saturated heterocycles. The Bertz CT molecular complexity index is 952. The van der Waals surface area contributed by atoms with Crippen LogP contribution < -0.4 is 5.32 Å². The molecule has 2 heterocycles. The minimum absolute atomic E-state index is 0.214. The SMILES string of the molecule is Cc1ccccc1NC(=O)c1nnn2c1CO[C@@H](c1ccc(F)cc1)C2. The molecule has 1 N–H and O–H groups in total. The lowest BCUT2D eigenvalue weighted by atomic mass is 10.1. The first-order valence-electron chi connectivity index (χ1n) is 8.28. The van der Waals surface area contributed by atoms with E-state index in [4.69, 9.17) is 4.74 Å². The van der Waals surface area contributed by atoms with E-state index in [0.717, 1.165) is 16.8 Å². The van der Waals surface area contributed by atoms with E-state index >= 15 is 0 Å². The van der Waals surface area contributed by atoms with E-state index in [0.29, 0.717) is 12.2 Å². The second kappa shape index (κ2) is 6.68. The highest BCUT2D eigenvalue weighted by molar-refractivity contribution is 6.03. The predicted molar refractivity (Wildman–Crippen MR) is 93.1 cm³/mol. The average Bonchev–Trinajstić information content (AvgIpc) is 3.07. The molecule has 4 rings (SSSR count). The number of nitrogens with zero attached hydrogens (tertiary/aromatic N) is 3. The van der Waals surface area contributed by atoms with Gasteiger partial charge in [0.05, 0.1) is 18.8 Å².